The average Bonchev–Trinajstić information content (AvgIpc) is 3.89. The second-order valence-corrected chi connectivity index (χ2v) is 14.2. The Balaban J connectivity index is 1.06. The molecule has 0 spiro atoms. The maximum atomic E-state index is 6.80. The molecular formula is C45H29N3O2S. The first kappa shape index (κ1) is 28.6. The number of nitrogens with zero attached hydrogens (tertiary/aromatic N) is 1. The predicted octanol–water partition coefficient (Wildman–Crippen LogP) is 11.9. The first-order valence-corrected chi connectivity index (χ1v) is 18.0. The van der Waals surface area contributed by atoms with Crippen molar-refractivity contribution in [2.24, 2.45) is 4.99 Å². The van der Waals surface area contributed by atoms with Gasteiger partial charge in [-0.15, -0.1) is 11.3 Å². The second-order valence-electron chi connectivity index (χ2n) is 13.1. The number of hydrogen-bond acceptors (Lipinski definition) is 6. The highest BCUT2D eigenvalue weighted by atomic mass is 32.1. The van der Waals surface area contributed by atoms with E-state index in [1.54, 1.807) is 0 Å². The summed E-state index contributed by atoms with van der Waals surface area (Å²) in [6.45, 7) is 0. The molecule has 7 aromatic carbocycles. The standard InChI is InChI=1S/C45H29N3O2S/c1-2-11-26(12-3-1)43-46-44(48-45(47-43)36-20-9-16-31-28-13-4-6-21-37(28)49-41(31)36)27-23-24-29-32-15-8-17-33(40(32)50-38(29)25-27)35-19-10-18-34-30-14-5-7-22-39(30)51-42(34)35/h1-25,43-44,46H,(H,47,48). The van der Waals surface area contributed by atoms with E-state index in [2.05, 4.69) is 138 Å². The number of hydrogen-bond donors (Lipinski definition) is 2. The van der Waals surface area contributed by atoms with Crippen LogP contribution in [0.25, 0.3) is 75.2 Å². The van der Waals surface area contributed by atoms with Crippen molar-refractivity contribution in [1.29, 1.82) is 0 Å². The molecule has 51 heavy (non-hydrogen) atoms. The molecular weight excluding hydrogens is 647 g/mol. The highest BCUT2D eigenvalue weighted by Crippen LogP contribution is 2.44. The largest absolute Gasteiger partial charge is 0.455 e. The van der Waals surface area contributed by atoms with Gasteiger partial charge < -0.3 is 14.2 Å². The maximum absolute atomic E-state index is 6.80. The molecule has 0 amide bonds. The minimum atomic E-state index is -0.338. The second kappa shape index (κ2) is 11.2. The van der Waals surface area contributed by atoms with Gasteiger partial charge >= 0.3 is 0 Å². The Bertz CT molecular complexity index is 3010. The summed E-state index contributed by atoms with van der Waals surface area (Å²) in [4.78, 5) is 5.29. The van der Waals surface area contributed by atoms with E-state index < -0.39 is 0 Å². The van der Waals surface area contributed by atoms with Gasteiger partial charge in [-0.05, 0) is 35.4 Å². The Labute approximate surface area is 296 Å². The van der Waals surface area contributed by atoms with E-state index >= 15 is 0 Å². The summed E-state index contributed by atoms with van der Waals surface area (Å²) in [7, 11) is 0. The lowest BCUT2D eigenvalue weighted by Crippen LogP contribution is -2.45. The van der Waals surface area contributed by atoms with E-state index in [1.165, 1.54) is 25.7 Å². The highest BCUT2D eigenvalue weighted by molar-refractivity contribution is 7.26. The van der Waals surface area contributed by atoms with Crippen LogP contribution >= 0.6 is 11.3 Å². The summed E-state index contributed by atoms with van der Waals surface area (Å²) in [5, 5.41) is 14.4. The van der Waals surface area contributed by atoms with Gasteiger partial charge in [-0.2, -0.15) is 0 Å². The van der Waals surface area contributed by atoms with Crippen molar-refractivity contribution in [3.05, 3.63) is 168 Å². The van der Waals surface area contributed by atoms with E-state index in [0.29, 0.717) is 0 Å². The SMILES string of the molecule is c1ccc(C2NC(c3cccc4c3oc3ccccc34)=NC(c3ccc4c(c3)oc3c(-c5cccc6c5sc5ccccc56)cccc34)N2)cc1. The molecule has 10 aromatic rings. The van der Waals surface area contributed by atoms with Crippen LogP contribution in [0.3, 0.4) is 0 Å². The van der Waals surface area contributed by atoms with E-state index in [4.69, 9.17) is 13.8 Å². The fourth-order valence-corrected chi connectivity index (χ4v) is 9.00. The normalized spacial score (nSPS) is 16.4. The molecule has 4 heterocycles. The number of para-hydroxylation sites is 3. The molecule has 1 aliphatic heterocycles. The summed E-state index contributed by atoms with van der Waals surface area (Å²) in [6, 6.07) is 53.1. The van der Waals surface area contributed by atoms with Crippen molar-refractivity contribution < 1.29 is 8.83 Å². The van der Waals surface area contributed by atoms with Crippen molar-refractivity contribution >= 4 is 81.2 Å². The van der Waals surface area contributed by atoms with E-state index in [1.807, 2.05) is 35.6 Å². The topological polar surface area (TPSA) is 62.7 Å². The van der Waals surface area contributed by atoms with Gasteiger partial charge in [0.25, 0.3) is 0 Å². The third-order valence-electron chi connectivity index (χ3n) is 10.2. The van der Waals surface area contributed by atoms with E-state index in [-0.39, 0.29) is 12.3 Å². The summed E-state index contributed by atoms with van der Waals surface area (Å²) < 4.78 is 15.8. The predicted molar refractivity (Wildman–Crippen MR) is 210 cm³/mol. The van der Waals surface area contributed by atoms with Crippen LogP contribution in [0.15, 0.2) is 165 Å². The maximum Gasteiger partial charge on any atom is 0.146 e. The van der Waals surface area contributed by atoms with Crippen LogP contribution in [0.2, 0.25) is 0 Å². The minimum Gasteiger partial charge on any atom is -0.455 e. The third-order valence-corrected chi connectivity index (χ3v) is 11.4. The van der Waals surface area contributed by atoms with Crippen molar-refractivity contribution in [3.63, 3.8) is 0 Å². The number of amidine groups is 1. The van der Waals surface area contributed by atoms with Gasteiger partial charge in [0.05, 0.1) is 5.56 Å². The number of thiophene rings is 1. The highest BCUT2D eigenvalue weighted by Gasteiger charge is 2.28. The van der Waals surface area contributed by atoms with Crippen molar-refractivity contribution in [3.8, 4) is 11.1 Å². The van der Waals surface area contributed by atoms with Crippen LogP contribution in [0.5, 0.6) is 0 Å². The first-order chi connectivity index (χ1) is 25.3. The van der Waals surface area contributed by atoms with Gasteiger partial charge in [0.2, 0.25) is 0 Å². The molecule has 0 fully saturated rings. The minimum absolute atomic E-state index is 0.178. The summed E-state index contributed by atoms with van der Waals surface area (Å²) >= 11 is 1.84. The summed E-state index contributed by atoms with van der Waals surface area (Å²) in [5.41, 5.74) is 8.80. The molecule has 2 N–H and O–H groups in total. The molecule has 0 aliphatic carbocycles. The Hall–Kier alpha value is -6.21. The van der Waals surface area contributed by atoms with Crippen molar-refractivity contribution in [1.82, 2.24) is 10.6 Å². The van der Waals surface area contributed by atoms with Crippen LogP contribution in [0.4, 0.5) is 0 Å². The van der Waals surface area contributed by atoms with Crippen LogP contribution in [-0.4, -0.2) is 5.84 Å². The number of rotatable bonds is 4. The quantitative estimate of drug-likeness (QED) is 0.195. The summed E-state index contributed by atoms with van der Waals surface area (Å²) in [6.07, 6.45) is -0.515. The molecule has 0 radical (unpaired) electrons. The van der Waals surface area contributed by atoms with Gasteiger partial charge in [0, 0.05) is 52.8 Å². The molecule has 5 nitrogen and oxygen atoms in total. The van der Waals surface area contributed by atoms with Gasteiger partial charge in [0.15, 0.2) is 0 Å². The van der Waals surface area contributed by atoms with Gasteiger partial charge in [-0.25, -0.2) is 4.99 Å². The van der Waals surface area contributed by atoms with Crippen LogP contribution < -0.4 is 10.6 Å². The number of fused-ring (bicyclic) bond motifs is 9. The van der Waals surface area contributed by atoms with Crippen molar-refractivity contribution in [2.45, 2.75) is 12.3 Å². The van der Waals surface area contributed by atoms with E-state index in [9.17, 15) is 0 Å². The number of aliphatic imine (C=N–C) groups is 1. The lowest BCUT2D eigenvalue weighted by Gasteiger charge is -2.32. The van der Waals surface area contributed by atoms with E-state index in [0.717, 1.165) is 72.0 Å². The Kier molecular flexibility index (Phi) is 6.26. The molecule has 1 aliphatic rings. The molecule has 0 bridgehead atoms. The van der Waals surface area contributed by atoms with Crippen LogP contribution in [0.1, 0.15) is 29.0 Å². The smallest absolute Gasteiger partial charge is 0.146 e. The van der Waals surface area contributed by atoms with Gasteiger partial charge in [-0.1, -0.05) is 127 Å². The van der Waals surface area contributed by atoms with Gasteiger partial charge in [0.1, 0.15) is 40.5 Å². The third kappa shape index (κ3) is 4.47. The molecule has 2 unspecified atom stereocenters. The van der Waals surface area contributed by atoms with Crippen molar-refractivity contribution in [2.75, 3.05) is 0 Å². The molecule has 6 heteroatoms. The lowest BCUT2D eigenvalue weighted by molar-refractivity contribution is 0.409. The molecule has 242 valence electrons. The van der Waals surface area contributed by atoms with Crippen LogP contribution in [0, 0.1) is 0 Å². The zero-order valence-electron chi connectivity index (χ0n) is 27.3. The fraction of sp³-hybridized carbons (Fsp3) is 0.0444. The Morgan fingerprint density at radius 2 is 1.14 bits per heavy atom. The summed E-state index contributed by atoms with van der Waals surface area (Å²) in [5.74, 6) is 0.778. The number of benzene rings is 7. The molecule has 0 saturated heterocycles. The number of furan rings is 2. The molecule has 0 saturated carbocycles. The average molecular weight is 676 g/mol. The fourth-order valence-electron chi connectivity index (χ4n) is 7.77. The molecule has 2 atom stereocenters. The lowest BCUT2D eigenvalue weighted by atomic mass is 10.00. The van der Waals surface area contributed by atoms with Gasteiger partial charge in [-0.3, -0.25) is 5.32 Å². The monoisotopic (exact) mass is 675 g/mol. The number of nitrogens with one attached hydrogen (secondary N) is 2. The Morgan fingerprint density at radius 1 is 0.490 bits per heavy atom. The zero-order valence-corrected chi connectivity index (χ0v) is 28.1. The first-order valence-electron chi connectivity index (χ1n) is 17.2. The zero-order chi connectivity index (χ0) is 33.5. The Morgan fingerprint density at radius 3 is 2.00 bits per heavy atom. The molecule has 3 aromatic heterocycles. The molecule has 11 rings (SSSR count). The van der Waals surface area contributed by atoms with Crippen LogP contribution in [-0.2, 0) is 0 Å².